The molecular formula is C19H23FN4O5S. The molecule has 1 atom stereocenters. The molecule has 0 saturated carbocycles. The van der Waals surface area contributed by atoms with Gasteiger partial charge in [0, 0.05) is 24.8 Å². The molecule has 1 aliphatic rings. The predicted molar refractivity (Wildman–Crippen MR) is 109 cm³/mol. The van der Waals surface area contributed by atoms with E-state index in [1.165, 1.54) is 29.4 Å². The quantitative estimate of drug-likeness (QED) is 0.662. The topological polar surface area (TPSA) is 121 Å². The summed E-state index contributed by atoms with van der Waals surface area (Å²) in [6.07, 6.45) is 3.72. The minimum absolute atomic E-state index is 0.0892. The number of rotatable bonds is 5. The molecule has 3 amide bonds. The average Bonchev–Trinajstić information content (AvgIpc) is 3.09. The number of likely N-dealkylation sites (tertiary alicyclic amines) is 1. The van der Waals surface area contributed by atoms with Crippen LogP contribution >= 0.6 is 0 Å². The van der Waals surface area contributed by atoms with Gasteiger partial charge in [0.25, 0.3) is 5.91 Å². The molecule has 1 fully saturated rings. The Hall–Kier alpha value is -2.92. The number of hydrogen-bond donors (Lipinski definition) is 3. The maximum Gasteiger partial charge on any atom is 0.321 e. The second kappa shape index (κ2) is 8.84. The first-order valence-corrected chi connectivity index (χ1v) is 11.2. The molecule has 2 aromatic rings. The first-order chi connectivity index (χ1) is 14.1. The second-order valence-electron chi connectivity index (χ2n) is 7.14. The number of aryl methyl sites for hydroxylation is 1. The minimum atomic E-state index is -3.37. The highest BCUT2D eigenvalue weighted by Crippen LogP contribution is 2.22. The largest absolute Gasteiger partial charge is 0.469 e. The molecule has 30 heavy (non-hydrogen) atoms. The lowest BCUT2D eigenvalue weighted by atomic mass is 10.1. The van der Waals surface area contributed by atoms with E-state index in [1.807, 2.05) is 0 Å². The molecule has 11 heteroatoms. The zero-order valence-electron chi connectivity index (χ0n) is 16.6. The summed E-state index contributed by atoms with van der Waals surface area (Å²) in [6.45, 7) is 2.31. The molecule has 2 heterocycles. The zero-order chi connectivity index (χ0) is 21.9. The number of nitrogens with zero attached hydrogens (tertiary/aromatic N) is 1. The molecule has 0 spiro atoms. The summed E-state index contributed by atoms with van der Waals surface area (Å²) in [6, 6.07) is 4.51. The van der Waals surface area contributed by atoms with Crippen molar-refractivity contribution >= 4 is 33.3 Å². The van der Waals surface area contributed by atoms with Crippen LogP contribution in [-0.2, 0) is 10.0 Å². The molecule has 9 nitrogen and oxygen atoms in total. The highest BCUT2D eigenvalue weighted by Gasteiger charge is 2.25. The van der Waals surface area contributed by atoms with Crippen molar-refractivity contribution in [3.63, 3.8) is 0 Å². The fourth-order valence-corrected chi connectivity index (χ4v) is 4.07. The van der Waals surface area contributed by atoms with Crippen LogP contribution in [0.5, 0.6) is 0 Å². The van der Waals surface area contributed by atoms with E-state index in [1.54, 1.807) is 6.92 Å². The number of benzene rings is 1. The van der Waals surface area contributed by atoms with Gasteiger partial charge in [0.05, 0.1) is 23.8 Å². The molecule has 0 radical (unpaired) electrons. The first kappa shape index (κ1) is 21.8. The molecule has 3 rings (SSSR count). The molecule has 1 saturated heterocycles. The smallest absolute Gasteiger partial charge is 0.321 e. The Labute approximate surface area is 173 Å². The molecule has 1 aromatic carbocycles. The van der Waals surface area contributed by atoms with Crippen molar-refractivity contribution in [1.82, 2.24) is 9.62 Å². The van der Waals surface area contributed by atoms with Crippen molar-refractivity contribution in [3.05, 3.63) is 47.7 Å². The molecule has 0 aliphatic carbocycles. The van der Waals surface area contributed by atoms with E-state index in [2.05, 4.69) is 15.4 Å². The number of furan rings is 1. The zero-order valence-corrected chi connectivity index (χ0v) is 17.4. The Morgan fingerprint density at radius 2 is 2.00 bits per heavy atom. The fraction of sp³-hybridized carbons (Fsp3) is 0.368. The fourth-order valence-electron chi connectivity index (χ4n) is 3.27. The van der Waals surface area contributed by atoms with Crippen molar-refractivity contribution in [1.29, 1.82) is 0 Å². The van der Waals surface area contributed by atoms with E-state index in [-0.39, 0.29) is 23.8 Å². The van der Waals surface area contributed by atoms with E-state index >= 15 is 0 Å². The van der Waals surface area contributed by atoms with Crippen LogP contribution in [0.1, 0.15) is 29.0 Å². The van der Waals surface area contributed by atoms with Crippen LogP contribution < -0.4 is 15.4 Å². The van der Waals surface area contributed by atoms with Crippen molar-refractivity contribution < 1.29 is 26.8 Å². The molecule has 3 N–H and O–H groups in total. The Kier molecular flexibility index (Phi) is 6.42. The molecular weight excluding hydrogens is 415 g/mol. The summed E-state index contributed by atoms with van der Waals surface area (Å²) in [4.78, 5) is 26.4. The van der Waals surface area contributed by atoms with Crippen LogP contribution in [0.4, 0.5) is 20.6 Å². The Morgan fingerprint density at radius 3 is 2.67 bits per heavy atom. The van der Waals surface area contributed by atoms with Crippen molar-refractivity contribution in [2.75, 3.05) is 30.0 Å². The van der Waals surface area contributed by atoms with Gasteiger partial charge < -0.3 is 20.0 Å². The molecule has 162 valence electrons. The van der Waals surface area contributed by atoms with Gasteiger partial charge in [-0.3, -0.25) is 4.79 Å². The summed E-state index contributed by atoms with van der Waals surface area (Å²) in [5, 5.41) is 5.12. The highest BCUT2D eigenvalue weighted by molar-refractivity contribution is 7.88. The van der Waals surface area contributed by atoms with Gasteiger partial charge in [-0.05, 0) is 44.0 Å². The van der Waals surface area contributed by atoms with E-state index in [0.717, 1.165) is 12.3 Å². The van der Waals surface area contributed by atoms with Gasteiger partial charge in [0.15, 0.2) is 0 Å². The third-order valence-electron chi connectivity index (χ3n) is 4.66. The van der Waals surface area contributed by atoms with Gasteiger partial charge in [-0.2, -0.15) is 0 Å². The summed E-state index contributed by atoms with van der Waals surface area (Å²) in [5.41, 5.74) is 0.481. The highest BCUT2D eigenvalue weighted by atomic mass is 32.2. The lowest BCUT2D eigenvalue weighted by Gasteiger charge is -2.32. The normalized spacial score (nSPS) is 16.9. The molecule has 1 aromatic heterocycles. The number of halogens is 1. The number of carbonyl (C=O) groups is 2. The minimum Gasteiger partial charge on any atom is -0.469 e. The van der Waals surface area contributed by atoms with Gasteiger partial charge in [-0.25, -0.2) is 22.3 Å². The van der Waals surface area contributed by atoms with Crippen molar-refractivity contribution in [3.8, 4) is 0 Å². The van der Waals surface area contributed by atoms with Gasteiger partial charge >= 0.3 is 6.03 Å². The maximum absolute atomic E-state index is 14.1. The third-order valence-corrected chi connectivity index (χ3v) is 5.42. The van der Waals surface area contributed by atoms with Gasteiger partial charge in [-0.15, -0.1) is 0 Å². The predicted octanol–water partition coefficient (Wildman–Crippen LogP) is 2.52. The monoisotopic (exact) mass is 438 g/mol. The summed E-state index contributed by atoms with van der Waals surface area (Å²) >= 11 is 0. The first-order valence-electron chi connectivity index (χ1n) is 9.30. The van der Waals surface area contributed by atoms with Crippen molar-refractivity contribution in [2.24, 2.45) is 0 Å². The Balaban J connectivity index is 1.66. The van der Waals surface area contributed by atoms with Crippen LogP contribution in [0.15, 0.2) is 34.9 Å². The number of sulfonamides is 1. The van der Waals surface area contributed by atoms with Crippen LogP contribution in [0.3, 0.4) is 0 Å². The Morgan fingerprint density at radius 1 is 1.23 bits per heavy atom. The number of carbonyl (C=O) groups excluding carboxylic acids is 2. The Bertz CT molecular complexity index is 1050. The molecule has 0 bridgehead atoms. The molecule has 0 unspecified atom stereocenters. The maximum atomic E-state index is 14.1. The number of hydrogen-bond acceptors (Lipinski definition) is 5. The number of nitrogens with one attached hydrogen (secondary N) is 3. The van der Waals surface area contributed by atoms with Crippen LogP contribution in [0, 0.1) is 12.7 Å². The van der Waals surface area contributed by atoms with E-state index < -0.39 is 27.8 Å². The average molecular weight is 438 g/mol. The number of anilines is 2. The third kappa shape index (κ3) is 5.57. The summed E-state index contributed by atoms with van der Waals surface area (Å²) < 4.78 is 44.6. The van der Waals surface area contributed by atoms with E-state index in [9.17, 15) is 22.4 Å². The number of amides is 3. The standard InChI is InChI=1S/C19H23FN4O5S/c1-12-15(7-9-29-12)18(25)22-17-10-13(5-6-16(17)20)21-19(26)24-8-3-4-14(11-24)23-30(2,27)28/h5-7,9-10,14,23H,3-4,8,11H2,1-2H3,(H,21,26)(H,22,25)/t14-/m0/s1. The van der Waals surface area contributed by atoms with Gasteiger partial charge in [-0.1, -0.05) is 0 Å². The van der Waals surface area contributed by atoms with Crippen LogP contribution in [0.2, 0.25) is 0 Å². The molecule has 1 aliphatic heterocycles. The van der Waals surface area contributed by atoms with Gasteiger partial charge in [0.2, 0.25) is 10.0 Å². The summed E-state index contributed by atoms with van der Waals surface area (Å²) in [5.74, 6) is -0.785. The van der Waals surface area contributed by atoms with Crippen LogP contribution in [0.25, 0.3) is 0 Å². The van der Waals surface area contributed by atoms with Crippen LogP contribution in [-0.4, -0.2) is 50.6 Å². The van der Waals surface area contributed by atoms with E-state index in [0.29, 0.717) is 30.8 Å². The lowest BCUT2D eigenvalue weighted by molar-refractivity contribution is 0.102. The lowest BCUT2D eigenvalue weighted by Crippen LogP contribution is -2.50. The number of urea groups is 1. The van der Waals surface area contributed by atoms with E-state index in [4.69, 9.17) is 4.42 Å². The number of piperidine rings is 1. The van der Waals surface area contributed by atoms with Crippen molar-refractivity contribution in [2.45, 2.75) is 25.8 Å². The second-order valence-corrected chi connectivity index (χ2v) is 8.92. The summed E-state index contributed by atoms with van der Waals surface area (Å²) in [7, 11) is -3.37. The SMILES string of the molecule is Cc1occc1C(=O)Nc1cc(NC(=O)N2CCC[C@H](NS(C)(=O)=O)C2)ccc1F. The van der Waals surface area contributed by atoms with Gasteiger partial charge in [0.1, 0.15) is 11.6 Å².